The molecule has 0 spiro atoms. The molecule has 2 heterocycles. The predicted molar refractivity (Wildman–Crippen MR) is 98.8 cm³/mol. The minimum atomic E-state index is 0.164. The Morgan fingerprint density at radius 3 is 2.76 bits per heavy atom. The van der Waals surface area contributed by atoms with Crippen LogP contribution < -0.4 is 4.90 Å². The lowest BCUT2D eigenvalue weighted by atomic mass is 10.0. The third-order valence-corrected chi connectivity index (χ3v) is 5.33. The zero-order chi connectivity index (χ0) is 16.8. The Balaban J connectivity index is 1.51. The fraction of sp³-hybridized carbons (Fsp3) is 0.333. The average molecular weight is 331 g/mol. The van der Waals surface area contributed by atoms with Crippen LogP contribution in [0.15, 0.2) is 48.5 Å². The molecular weight excluding hydrogens is 310 g/mol. The molecule has 126 valence electrons. The van der Waals surface area contributed by atoms with Gasteiger partial charge in [0.15, 0.2) is 0 Å². The van der Waals surface area contributed by atoms with Crippen molar-refractivity contribution in [3.8, 4) is 0 Å². The largest absolute Gasteiger partial charge is 0.318 e. The number of fused-ring (bicyclic) bond motifs is 2. The van der Waals surface area contributed by atoms with Gasteiger partial charge < -0.3 is 9.47 Å². The van der Waals surface area contributed by atoms with Gasteiger partial charge in [-0.2, -0.15) is 0 Å². The minimum Gasteiger partial charge on any atom is -0.318 e. The SMILES string of the molecule is O=C(Cn1c(C2CC2)nc2ccccc21)N1CCCc2ccccc21. The zero-order valence-corrected chi connectivity index (χ0v) is 14.2. The van der Waals surface area contributed by atoms with Gasteiger partial charge >= 0.3 is 0 Å². The van der Waals surface area contributed by atoms with E-state index in [-0.39, 0.29) is 5.91 Å². The molecule has 4 heteroatoms. The molecule has 0 radical (unpaired) electrons. The maximum absolute atomic E-state index is 13.1. The third kappa shape index (κ3) is 2.53. The number of aromatic nitrogens is 2. The molecule has 1 amide bonds. The van der Waals surface area contributed by atoms with Crippen molar-refractivity contribution in [2.45, 2.75) is 38.1 Å². The van der Waals surface area contributed by atoms with Crippen LogP contribution in [0.5, 0.6) is 0 Å². The molecule has 2 aliphatic rings. The number of para-hydroxylation sites is 3. The highest BCUT2D eigenvalue weighted by Crippen LogP contribution is 2.40. The number of aryl methyl sites for hydroxylation is 1. The van der Waals surface area contributed by atoms with Crippen LogP contribution in [0.2, 0.25) is 0 Å². The Morgan fingerprint density at radius 1 is 1.08 bits per heavy atom. The lowest BCUT2D eigenvalue weighted by Gasteiger charge is -2.29. The highest BCUT2D eigenvalue weighted by atomic mass is 16.2. The molecule has 0 saturated heterocycles. The monoisotopic (exact) mass is 331 g/mol. The fourth-order valence-corrected chi connectivity index (χ4v) is 3.93. The highest BCUT2D eigenvalue weighted by molar-refractivity contribution is 5.95. The first-order chi connectivity index (χ1) is 12.3. The van der Waals surface area contributed by atoms with Crippen LogP contribution in [-0.4, -0.2) is 22.0 Å². The van der Waals surface area contributed by atoms with Crippen molar-refractivity contribution >= 4 is 22.6 Å². The number of rotatable bonds is 3. The number of amides is 1. The van der Waals surface area contributed by atoms with E-state index in [4.69, 9.17) is 4.98 Å². The van der Waals surface area contributed by atoms with E-state index in [1.807, 2.05) is 29.2 Å². The molecule has 25 heavy (non-hydrogen) atoms. The third-order valence-electron chi connectivity index (χ3n) is 5.33. The molecule has 1 aliphatic heterocycles. The van der Waals surface area contributed by atoms with Gasteiger partial charge in [0, 0.05) is 18.2 Å². The fourth-order valence-electron chi connectivity index (χ4n) is 3.93. The van der Waals surface area contributed by atoms with Crippen molar-refractivity contribution in [3.63, 3.8) is 0 Å². The number of hydrogen-bond acceptors (Lipinski definition) is 2. The lowest BCUT2D eigenvalue weighted by molar-refractivity contribution is -0.119. The van der Waals surface area contributed by atoms with Crippen LogP contribution in [0.1, 0.15) is 36.6 Å². The Morgan fingerprint density at radius 2 is 1.88 bits per heavy atom. The summed E-state index contributed by atoms with van der Waals surface area (Å²) in [4.78, 5) is 19.9. The van der Waals surface area contributed by atoms with Gasteiger partial charge in [0.25, 0.3) is 0 Å². The van der Waals surface area contributed by atoms with Crippen molar-refractivity contribution < 1.29 is 4.79 Å². The molecule has 5 rings (SSSR count). The summed E-state index contributed by atoms with van der Waals surface area (Å²) >= 11 is 0. The molecule has 1 aliphatic carbocycles. The summed E-state index contributed by atoms with van der Waals surface area (Å²) in [6, 6.07) is 16.4. The molecule has 1 saturated carbocycles. The molecule has 0 atom stereocenters. The van der Waals surface area contributed by atoms with Crippen molar-refractivity contribution in [2.75, 3.05) is 11.4 Å². The van der Waals surface area contributed by atoms with E-state index in [1.165, 1.54) is 18.4 Å². The number of hydrogen-bond donors (Lipinski definition) is 0. The first-order valence-corrected chi connectivity index (χ1v) is 9.15. The van der Waals surface area contributed by atoms with Crippen molar-refractivity contribution in [1.29, 1.82) is 0 Å². The smallest absolute Gasteiger partial charge is 0.246 e. The van der Waals surface area contributed by atoms with Crippen LogP contribution in [0.25, 0.3) is 11.0 Å². The normalized spacial score (nSPS) is 16.9. The maximum atomic E-state index is 13.1. The summed E-state index contributed by atoms with van der Waals surface area (Å²) in [5.41, 5.74) is 4.43. The number of nitrogens with zero attached hydrogens (tertiary/aromatic N) is 3. The Bertz CT molecular complexity index is 955. The highest BCUT2D eigenvalue weighted by Gasteiger charge is 2.31. The molecular formula is C21H21N3O. The van der Waals surface area contributed by atoms with Gasteiger partial charge in [0.1, 0.15) is 12.4 Å². The number of anilines is 1. The van der Waals surface area contributed by atoms with Crippen LogP contribution in [-0.2, 0) is 17.8 Å². The van der Waals surface area contributed by atoms with Gasteiger partial charge in [0.2, 0.25) is 5.91 Å². The van der Waals surface area contributed by atoms with Gasteiger partial charge in [0.05, 0.1) is 11.0 Å². The summed E-state index contributed by atoms with van der Waals surface area (Å²) in [5.74, 6) is 1.77. The van der Waals surface area contributed by atoms with Crippen molar-refractivity contribution in [3.05, 3.63) is 59.9 Å². The predicted octanol–water partition coefficient (Wildman–Crippen LogP) is 3.89. The molecule has 3 aromatic rings. The van der Waals surface area contributed by atoms with Crippen molar-refractivity contribution in [1.82, 2.24) is 9.55 Å². The van der Waals surface area contributed by atoms with E-state index in [9.17, 15) is 4.79 Å². The first-order valence-electron chi connectivity index (χ1n) is 9.15. The van der Waals surface area contributed by atoms with E-state index in [0.717, 1.165) is 41.9 Å². The van der Waals surface area contributed by atoms with Gasteiger partial charge in [-0.05, 0) is 49.4 Å². The molecule has 0 unspecified atom stereocenters. The summed E-state index contributed by atoms with van der Waals surface area (Å²) in [7, 11) is 0. The van der Waals surface area contributed by atoms with Crippen LogP contribution >= 0.6 is 0 Å². The van der Waals surface area contributed by atoms with Gasteiger partial charge in [-0.1, -0.05) is 30.3 Å². The Labute approximate surface area is 147 Å². The average Bonchev–Trinajstić information content (AvgIpc) is 3.44. The van der Waals surface area contributed by atoms with Crippen molar-refractivity contribution in [2.24, 2.45) is 0 Å². The second kappa shape index (κ2) is 5.73. The van der Waals surface area contributed by atoms with Gasteiger partial charge in [-0.3, -0.25) is 4.79 Å². The molecule has 0 N–H and O–H groups in total. The van der Waals surface area contributed by atoms with Crippen LogP contribution in [0.3, 0.4) is 0 Å². The van der Waals surface area contributed by atoms with Crippen LogP contribution in [0.4, 0.5) is 5.69 Å². The molecule has 1 fully saturated rings. The lowest BCUT2D eigenvalue weighted by Crippen LogP contribution is -2.38. The summed E-state index contributed by atoms with van der Waals surface area (Å²) < 4.78 is 2.15. The zero-order valence-electron chi connectivity index (χ0n) is 14.2. The number of carbonyl (C=O) groups is 1. The molecule has 0 bridgehead atoms. The Kier molecular flexibility index (Phi) is 3.37. The van der Waals surface area contributed by atoms with E-state index >= 15 is 0 Å². The maximum Gasteiger partial charge on any atom is 0.246 e. The first kappa shape index (κ1) is 14.7. The number of imidazole rings is 1. The van der Waals surface area contributed by atoms with Crippen LogP contribution in [0, 0.1) is 0 Å². The summed E-state index contributed by atoms with van der Waals surface area (Å²) in [6.07, 6.45) is 4.46. The summed E-state index contributed by atoms with van der Waals surface area (Å²) in [6.45, 7) is 1.18. The minimum absolute atomic E-state index is 0.164. The van der Waals surface area contributed by atoms with E-state index in [1.54, 1.807) is 0 Å². The topological polar surface area (TPSA) is 38.1 Å². The number of benzene rings is 2. The second-order valence-electron chi connectivity index (χ2n) is 7.10. The van der Waals surface area contributed by atoms with E-state index < -0.39 is 0 Å². The quantitative estimate of drug-likeness (QED) is 0.730. The standard InChI is InChI=1S/C21H21N3O/c25-20(23-13-5-7-15-6-1-3-9-18(15)23)14-24-19-10-4-2-8-17(19)22-21(24)16-11-12-16/h1-4,6,8-10,16H,5,7,11-14H2. The molecule has 1 aromatic heterocycles. The second-order valence-corrected chi connectivity index (χ2v) is 7.10. The van der Waals surface area contributed by atoms with Gasteiger partial charge in [-0.15, -0.1) is 0 Å². The summed E-state index contributed by atoms with van der Waals surface area (Å²) in [5, 5.41) is 0. The van der Waals surface area contributed by atoms with E-state index in [0.29, 0.717) is 12.5 Å². The Hall–Kier alpha value is -2.62. The number of carbonyl (C=O) groups excluding carboxylic acids is 1. The molecule has 4 nitrogen and oxygen atoms in total. The van der Waals surface area contributed by atoms with E-state index in [2.05, 4.69) is 28.8 Å². The molecule has 2 aromatic carbocycles. The van der Waals surface area contributed by atoms with Gasteiger partial charge in [-0.25, -0.2) is 4.98 Å².